The zero-order chi connectivity index (χ0) is 6.69. The minimum Gasteiger partial charge on any atom is -0.304 e. The Morgan fingerprint density at radius 1 is 1.11 bits per heavy atom. The maximum absolute atomic E-state index is 2.51. The van der Waals surface area contributed by atoms with Crippen LogP contribution in [-0.2, 0) is 0 Å². The van der Waals surface area contributed by atoms with E-state index >= 15 is 0 Å². The summed E-state index contributed by atoms with van der Waals surface area (Å²) in [5.41, 5.74) is 0. The van der Waals surface area contributed by atoms with Crippen molar-refractivity contribution >= 4 is 8.73 Å². The minimum atomic E-state index is 1.00. The third-order valence-corrected chi connectivity index (χ3v) is 2.90. The van der Waals surface area contributed by atoms with Gasteiger partial charge in [0, 0.05) is 26.2 Å². The van der Waals surface area contributed by atoms with E-state index < -0.39 is 0 Å². The molecule has 1 aliphatic heterocycles. The van der Waals surface area contributed by atoms with Crippen LogP contribution in [0.5, 0.6) is 0 Å². The monoisotopic (exact) mass is 146 g/mol. The number of nitrogens with zero attached hydrogens (tertiary/aromatic N) is 2. The first-order valence-corrected chi connectivity index (χ1v) is 4.88. The average Bonchev–Trinajstić information content (AvgIpc) is 1.90. The maximum Gasteiger partial charge on any atom is 0.0147 e. The van der Waals surface area contributed by atoms with Crippen LogP contribution in [0.25, 0.3) is 0 Å². The average molecular weight is 146 g/mol. The first-order valence-electron chi connectivity index (χ1n) is 3.44. The normalized spacial score (nSPS) is 26.0. The summed E-state index contributed by atoms with van der Waals surface area (Å²) >= 11 is 0. The van der Waals surface area contributed by atoms with Gasteiger partial charge < -0.3 is 4.90 Å². The van der Waals surface area contributed by atoms with E-state index in [1.807, 2.05) is 0 Å². The van der Waals surface area contributed by atoms with Crippen molar-refractivity contribution in [3.63, 3.8) is 0 Å². The molecule has 54 valence electrons. The van der Waals surface area contributed by atoms with E-state index in [1.165, 1.54) is 26.2 Å². The quantitative estimate of drug-likeness (QED) is 0.496. The third kappa shape index (κ3) is 2.21. The van der Waals surface area contributed by atoms with Gasteiger partial charge in [-0.1, -0.05) is 8.73 Å². The second-order valence-corrected chi connectivity index (χ2v) is 3.59. The molecule has 0 radical (unpaired) electrons. The molecule has 3 heteroatoms. The van der Waals surface area contributed by atoms with Crippen molar-refractivity contribution in [3.05, 3.63) is 0 Å². The molecule has 0 N–H and O–H groups in total. The Bertz CT molecular complexity index is 79.1. The van der Waals surface area contributed by atoms with Gasteiger partial charge in [0.1, 0.15) is 0 Å². The number of hydrogen-bond acceptors (Lipinski definition) is 2. The van der Waals surface area contributed by atoms with E-state index in [4.69, 9.17) is 0 Å². The molecule has 0 saturated carbocycles. The third-order valence-electron chi connectivity index (χ3n) is 1.82. The maximum atomic E-state index is 2.51. The molecule has 0 aliphatic carbocycles. The van der Waals surface area contributed by atoms with Crippen LogP contribution in [0.1, 0.15) is 0 Å². The molecule has 1 unspecified atom stereocenters. The molecule has 1 aliphatic rings. The fourth-order valence-electron chi connectivity index (χ4n) is 1.03. The predicted octanol–water partition coefficient (Wildman–Crippen LogP) is 0.457. The lowest BCUT2D eigenvalue weighted by molar-refractivity contribution is 0.231. The van der Waals surface area contributed by atoms with Crippen LogP contribution in [0.15, 0.2) is 0 Å². The number of hydrogen-bond donors (Lipinski definition) is 0. The number of piperazine rings is 1. The summed E-state index contributed by atoms with van der Waals surface area (Å²) in [5, 5.41) is 0. The van der Waals surface area contributed by atoms with Gasteiger partial charge in [-0.15, -0.1) is 0 Å². The lowest BCUT2D eigenvalue weighted by Gasteiger charge is -2.30. The van der Waals surface area contributed by atoms with Crippen molar-refractivity contribution in [3.8, 4) is 0 Å². The Kier molecular flexibility index (Phi) is 2.90. The van der Waals surface area contributed by atoms with Gasteiger partial charge in [-0.3, -0.25) is 4.67 Å². The molecule has 1 fully saturated rings. The summed E-state index contributed by atoms with van der Waals surface area (Å²) in [6.07, 6.45) is 0. The summed E-state index contributed by atoms with van der Waals surface area (Å²) in [5.74, 6) is 0. The van der Waals surface area contributed by atoms with E-state index in [2.05, 4.69) is 23.3 Å². The molecular weight excluding hydrogens is 131 g/mol. The van der Waals surface area contributed by atoms with Crippen molar-refractivity contribution in [1.82, 2.24) is 9.57 Å². The first-order chi connectivity index (χ1) is 4.33. The van der Waals surface area contributed by atoms with Crippen molar-refractivity contribution in [2.24, 2.45) is 0 Å². The second kappa shape index (κ2) is 3.50. The molecule has 1 heterocycles. The van der Waals surface area contributed by atoms with Crippen molar-refractivity contribution in [2.75, 3.05) is 39.9 Å². The van der Waals surface area contributed by atoms with Crippen LogP contribution in [0, 0.1) is 0 Å². The molecule has 1 atom stereocenters. The van der Waals surface area contributed by atoms with Crippen LogP contribution in [0.2, 0.25) is 0 Å². The highest BCUT2D eigenvalue weighted by Gasteiger charge is 2.10. The number of likely N-dealkylation sites (N-methyl/N-ethyl adjacent to an activating group) is 1. The zero-order valence-corrected chi connectivity index (χ0v) is 7.22. The highest BCUT2D eigenvalue weighted by atomic mass is 31.1. The molecule has 0 aromatic carbocycles. The molecule has 1 rings (SSSR count). The van der Waals surface area contributed by atoms with Gasteiger partial charge in [0.05, 0.1) is 0 Å². The first kappa shape index (κ1) is 7.46. The molecule has 1 saturated heterocycles. The van der Waals surface area contributed by atoms with Gasteiger partial charge in [0.25, 0.3) is 0 Å². The Morgan fingerprint density at radius 2 is 1.67 bits per heavy atom. The fraction of sp³-hybridized carbons (Fsp3) is 1.00. The van der Waals surface area contributed by atoms with Gasteiger partial charge in [0.15, 0.2) is 0 Å². The topological polar surface area (TPSA) is 6.48 Å². The van der Waals surface area contributed by atoms with E-state index in [0.717, 1.165) is 8.73 Å². The Hall–Kier alpha value is 0.350. The second-order valence-electron chi connectivity index (χ2n) is 2.51. The fourth-order valence-corrected chi connectivity index (χ4v) is 1.68. The molecule has 0 aromatic heterocycles. The lowest BCUT2D eigenvalue weighted by atomic mass is 10.4. The van der Waals surface area contributed by atoms with Gasteiger partial charge in [0.2, 0.25) is 0 Å². The molecule has 0 aromatic rings. The van der Waals surface area contributed by atoms with Crippen molar-refractivity contribution in [2.45, 2.75) is 0 Å². The molecule has 0 spiro atoms. The molecule has 9 heavy (non-hydrogen) atoms. The van der Waals surface area contributed by atoms with Gasteiger partial charge >= 0.3 is 0 Å². The highest BCUT2D eigenvalue weighted by molar-refractivity contribution is 7.34. The lowest BCUT2D eigenvalue weighted by Crippen LogP contribution is -2.40. The van der Waals surface area contributed by atoms with Crippen LogP contribution in [-0.4, -0.2) is 49.5 Å². The molecule has 0 amide bonds. The number of rotatable bonds is 1. The standard InChI is InChI=1S/C6H15N2P/c1-7-3-5-8(9-2)6-4-7/h9H,3-6H2,1-2H3. The summed E-state index contributed by atoms with van der Waals surface area (Å²) in [6, 6.07) is 0. The summed E-state index contributed by atoms with van der Waals surface area (Å²) < 4.78 is 2.51. The summed E-state index contributed by atoms with van der Waals surface area (Å²) in [6.45, 7) is 7.30. The van der Waals surface area contributed by atoms with Crippen LogP contribution in [0.3, 0.4) is 0 Å². The van der Waals surface area contributed by atoms with E-state index in [9.17, 15) is 0 Å². The molecule has 0 bridgehead atoms. The van der Waals surface area contributed by atoms with Crippen LogP contribution >= 0.6 is 8.73 Å². The van der Waals surface area contributed by atoms with Crippen molar-refractivity contribution in [1.29, 1.82) is 0 Å². The van der Waals surface area contributed by atoms with E-state index in [1.54, 1.807) is 0 Å². The summed E-state index contributed by atoms with van der Waals surface area (Å²) in [4.78, 5) is 2.39. The smallest absolute Gasteiger partial charge is 0.0147 e. The molecule has 2 nitrogen and oxygen atoms in total. The van der Waals surface area contributed by atoms with Crippen LogP contribution in [0.4, 0.5) is 0 Å². The Morgan fingerprint density at radius 3 is 2.11 bits per heavy atom. The van der Waals surface area contributed by atoms with Gasteiger partial charge in [-0.25, -0.2) is 0 Å². The van der Waals surface area contributed by atoms with E-state index in [0.29, 0.717) is 0 Å². The van der Waals surface area contributed by atoms with Gasteiger partial charge in [-0.05, 0) is 13.7 Å². The zero-order valence-electron chi connectivity index (χ0n) is 6.22. The predicted molar refractivity (Wildman–Crippen MR) is 43.3 cm³/mol. The van der Waals surface area contributed by atoms with Crippen LogP contribution < -0.4 is 0 Å². The highest BCUT2D eigenvalue weighted by Crippen LogP contribution is 2.13. The minimum absolute atomic E-state index is 1.00. The Labute approximate surface area is 59.0 Å². The SMILES string of the molecule is CPN1CCN(C)CC1. The van der Waals surface area contributed by atoms with Crippen molar-refractivity contribution < 1.29 is 0 Å². The summed E-state index contributed by atoms with van der Waals surface area (Å²) in [7, 11) is 3.19. The Balaban J connectivity index is 2.18. The molecular formula is C6H15N2P. The van der Waals surface area contributed by atoms with E-state index in [-0.39, 0.29) is 0 Å². The largest absolute Gasteiger partial charge is 0.304 e. The van der Waals surface area contributed by atoms with Gasteiger partial charge in [-0.2, -0.15) is 0 Å².